The smallest absolute Gasteiger partial charge is 0.219 e. The molecule has 2 aromatic carbocycles. The summed E-state index contributed by atoms with van der Waals surface area (Å²) in [5.74, 6) is -0.261. The topological polar surface area (TPSA) is 45.8 Å². The Morgan fingerprint density at radius 3 is 2.55 bits per heavy atom. The number of nitrogens with zero attached hydrogens (tertiary/aromatic N) is 2. The predicted octanol–water partition coefficient (Wildman–Crippen LogP) is 3.97. The number of allylic oxidation sites excluding steroid dienone is 1. The molecular weight excluding hydrogens is 272 g/mol. The van der Waals surface area contributed by atoms with Crippen LogP contribution in [-0.4, -0.2) is 10.4 Å². The highest BCUT2D eigenvalue weighted by molar-refractivity contribution is 6.13. The molecule has 0 spiro atoms. The molecule has 0 aliphatic heterocycles. The van der Waals surface area contributed by atoms with E-state index in [0.717, 1.165) is 16.3 Å². The van der Waals surface area contributed by atoms with Crippen molar-refractivity contribution < 1.29 is 4.79 Å². The van der Waals surface area contributed by atoms with E-state index in [1.54, 1.807) is 36.0 Å². The van der Waals surface area contributed by atoms with Gasteiger partial charge in [-0.2, -0.15) is 5.26 Å². The fourth-order valence-corrected chi connectivity index (χ4v) is 2.45. The molecule has 22 heavy (non-hydrogen) atoms. The molecule has 3 nitrogen and oxygen atoms in total. The third-order valence-electron chi connectivity index (χ3n) is 3.63. The largest absolute Gasteiger partial charge is 0.348 e. The van der Waals surface area contributed by atoms with Crippen LogP contribution in [0.25, 0.3) is 16.8 Å². The van der Waals surface area contributed by atoms with Crippen LogP contribution in [0.15, 0.2) is 66.4 Å². The molecule has 0 radical (unpaired) electrons. The number of hydrogen-bond acceptors (Lipinski definition) is 2. The van der Waals surface area contributed by atoms with Gasteiger partial charge in [-0.25, -0.2) is 0 Å². The minimum Gasteiger partial charge on any atom is -0.348 e. The van der Waals surface area contributed by atoms with Crippen LogP contribution in [0.2, 0.25) is 0 Å². The Hall–Kier alpha value is -3.12. The average Bonchev–Trinajstić information content (AvgIpc) is 2.98. The highest BCUT2D eigenvalue weighted by Gasteiger charge is 2.14. The van der Waals surface area contributed by atoms with E-state index in [0.29, 0.717) is 5.69 Å². The van der Waals surface area contributed by atoms with Crippen molar-refractivity contribution in [2.75, 3.05) is 0 Å². The second-order valence-electron chi connectivity index (χ2n) is 5.11. The zero-order chi connectivity index (χ0) is 15.5. The molecule has 0 atom stereocenters. The number of carbonyl (C=O) groups is 1. The number of Topliss-reactive ketones (excluding diaryl/α,β-unsaturated/α-hetero) is 1. The average molecular weight is 286 g/mol. The molecule has 3 aromatic rings. The van der Waals surface area contributed by atoms with Crippen LogP contribution >= 0.6 is 0 Å². The predicted molar refractivity (Wildman–Crippen MR) is 87.3 cm³/mol. The summed E-state index contributed by atoms with van der Waals surface area (Å²) in [5.41, 5.74) is 1.49. The Morgan fingerprint density at radius 2 is 1.86 bits per heavy atom. The number of aromatic nitrogens is 1. The highest BCUT2D eigenvalue weighted by Crippen LogP contribution is 2.19. The SMILES string of the molecule is Cn1cccc1C(=O)/C(C#N)=C/c1ccc2ccccc2c1. The first-order chi connectivity index (χ1) is 10.7. The zero-order valence-electron chi connectivity index (χ0n) is 12.2. The second kappa shape index (κ2) is 5.71. The molecule has 0 unspecified atom stereocenters. The lowest BCUT2D eigenvalue weighted by Crippen LogP contribution is -2.07. The number of carbonyl (C=O) groups excluding carboxylic acids is 1. The van der Waals surface area contributed by atoms with Crippen LogP contribution in [0, 0.1) is 11.3 Å². The lowest BCUT2D eigenvalue weighted by atomic mass is 10.0. The van der Waals surface area contributed by atoms with Gasteiger partial charge in [0, 0.05) is 13.2 Å². The van der Waals surface area contributed by atoms with Gasteiger partial charge in [0.1, 0.15) is 11.6 Å². The van der Waals surface area contributed by atoms with Gasteiger partial charge < -0.3 is 4.57 Å². The standard InChI is InChI=1S/C19H14N2O/c1-21-10-4-7-18(21)19(22)17(13-20)12-14-8-9-15-5-2-3-6-16(15)11-14/h2-12H,1H3/b17-12+. The molecule has 0 aliphatic rings. The molecule has 0 N–H and O–H groups in total. The summed E-state index contributed by atoms with van der Waals surface area (Å²) in [5, 5.41) is 11.5. The maximum atomic E-state index is 12.4. The lowest BCUT2D eigenvalue weighted by molar-refractivity contribution is 0.103. The molecule has 0 saturated heterocycles. The summed E-state index contributed by atoms with van der Waals surface area (Å²) in [7, 11) is 1.79. The van der Waals surface area contributed by atoms with Gasteiger partial charge in [-0.05, 0) is 40.6 Å². The van der Waals surface area contributed by atoms with Crippen LogP contribution in [0.5, 0.6) is 0 Å². The summed E-state index contributed by atoms with van der Waals surface area (Å²) >= 11 is 0. The van der Waals surface area contributed by atoms with E-state index >= 15 is 0 Å². The Kier molecular flexibility index (Phi) is 3.59. The van der Waals surface area contributed by atoms with Gasteiger partial charge in [0.05, 0.1) is 5.69 Å². The molecule has 106 valence electrons. The molecule has 0 bridgehead atoms. The first kappa shape index (κ1) is 13.8. The van der Waals surface area contributed by atoms with Crippen molar-refractivity contribution in [3.8, 4) is 6.07 Å². The normalized spacial score (nSPS) is 11.4. The number of benzene rings is 2. The second-order valence-corrected chi connectivity index (χ2v) is 5.11. The van der Waals surface area contributed by atoms with Crippen molar-refractivity contribution in [1.29, 1.82) is 5.26 Å². The van der Waals surface area contributed by atoms with Crippen LogP contribution in [0.4, 0.5) is 0 Å². The summed E-state index contributed by atoms with van der Waals surface area (Å²) in [4.78, 5) is 12.4. The molecule has 3 rings (SSSR count). The number of nitriles is 1. The molecule has 3 heteroatoms. The van der Waals surface area contributed by atoms with E-state index in [2.05, 4.69) is 0 Å². The maximum Gasteiger partial charge on any atom is 0.219 e. The van der Waals surface area contributed by atoms with Gasteiger partial charge in [-0.1, -0.05) is 36.4 Å². The number of ketones is 1. The third-order valence-corrected chi connectivity index (χ3v) is 3.63. The molecule has 0 aliphatic carbocycles. The van der Waals surface area contributed by atoms with E-state index in [1.165, 1.54) is 0 Å². The van der Waals surface area contributed by atoms with Gasteiger partial charge in [0.2, 0.25) is 5.78 Å². The van der Waals surface area contributed by atoms with Crippen molar-refractivity contribution in [2.24, 2.45) is 7.05 Å². The van der Waals surface area contributed by atoms with Crippen LogP contribution in [0.1, 0.15) is 16.1 Å². The van der Waals surface area contributed by atoms with E-state index in [9.17, 15) is 10.1 Å². The molecular formula is C19H14N2O. The summed E-state index contributed by atoms with van der Waals surface area (Å²) in [6.45, 7) is 0. The van der Waals surface area contributed by atoms with Crippen molar-refractivity contribution in [2.45, 2.75) is 0 Å². The monoisotopic (exact) mass is 286 g/mol. The number of fused-ring (bicyclic) bond motifs is 1. The van der Waals surface area contributed by atoms with Gasteiger partial charge in [-0.3, -0.25) is 4.79 Å². The van der Waals surface area contributed by atoms with Crippen molar-refractivity contribution >= 4 is 22.6 Å². The van der Waals surface area contributed by atoms with Crippen LogP contribution < -0.4 is 0 Å². The fourth-order valence-electron chi connectivity index (χ4n) is 2.45. The highest BCUT2D eigenvalue weighted by atomic mass is 16.1. The minimum absolute atomic E-state index is 0.136. The quantitative estimate of drug-likeness (QED) is 0.415. The minimum atomic E-state index is -0.261. The van der Waals surface area contributed by atoms with Crippen LogP contribution in [0.3, 0.4) is 0 Å². The number of rotatable bonds is 3. The van der Waals surface area contributed by atoms with Gasteiger partial charge in [0.15, 0.2) is 0 Å². The van der Waals surface area contributed by atoms with E-state index in [1.807, 2.05) is 48.5 Å². The van der Waals surface area contributed by atoms with Crippen molar-refractivity contribution in [1.82, 2.24) is 4.57 Å². The van der Waals surface area contributed by atoms with Gasteiger partial charge in [0.25, 0.3) is 0 Å². The lowest BCUT2D eigenvalue weighted by Gasteiger charge is -2.03. The zero-order valence-corrected chi connectivity index (χ0v) is 12.2. The summed E-state index contributed by atoms with van der Waals surface area (Å²) < 4.78 is 1.72. The van der Waals surface area contributed by atoms with E-state index in [4.69, 9.17) is 0 Å². The molecule has 0 amide bonds. The molecule has 1 aromatic heterocycles. The van der Waals surface area contributed by atoms with Gasteiger partial charge in [-0.15, -0.1) is 0 Å². The maximum absolute atomic E-state index is 12.4. The first-order valence-corrected chi connectivity index (χ1v) is 6.95. The first-order valence-electron chi connectivity index (χ1n) is 6.95. The van der Waals surface area contributed by atoms with Crippen molar-refractivity contribution in [3.05, 3.63) is 77.6 Å². The molecule has 0 saturated carbocycles. The Labute approximate surface area is 128 Å². The summed E-state index contributed by atoms with van der Waals surface area (Å²) in [6, 6.07) is 19.4. The Morgan fingerprint density at radius 1 is 1.09 bits per heavy atom. The number of hydrogen-bond donors (Lipinski definition) is 0. The van der Waals surface area contributed by atoms with E-state index < -0.39 is 0 Å². The van der Waals surface area contributed by atoms with Crippen LogP contribution in [-0.2, 0) is 7.05 Å². The van der Waals surface area contributed by atoms with Gasteiger partial charge >= 0.3 is 0 Å². The molecule has 1 heterocycles. The molecule has 0 fully saturated rings. The number of aryl methyl sites for hydroxylation is 1. The summed E-state index contributed by atoms with van der Waals surface area (Å²) in [6.07, 6.45) is 3.43. The van der Waals surface area contributed by atoms with Crippen molar-refractivity contribution in [3.63, 3.8) is 0 Å². The third kappa shape index (κ3) is 2.55. The Bertz CT molecular complexity index is 926. The fraction of sp³-hybridized carbons (Fsp3) is 0.0526. The van der Waals surface area contributed by atoms with E-state index in [-0.39, 0.29) is 11.4 Å². The Balaban J connectivity index is 2.02.